The minimum absolute atomic E-state index is 0. The Balaban J connectivity index is 0.000000316. The molecule has 3 aromatic carbocycles. The van der Waals surface area contributed by atoms with Crippen LogP contribution in [0.1, 0.15) is 153 Å². The number of phenols is 1. The van der Waals surface area contributed by atoms with Crippen molar-refractivity contribution in [2.24, 2.45) is 0 Å². The van der Waals surface area contributed by atoms with E-state index in [0.29, 0.717) is 17.4 Å². The molecular weight excluding hydrogens is 669 g/mol. The molecule has 2 atom stereocenters. The summed E-state index contributed by atoms with van der Waals surface area (Å²) in [6.45, 7) is 17.6. The first-order valence-corrected chi connectivity index (χ1v) is 17.7. The fourth-order valence-electron chi connectivity index (χ4n) is 6.71. The van der Waals surface area contributed by atoms with E-state index >= 15 is 0 Å². The van der Waals surface area contributed by atoms with Crippen LogP contribution in [0.15, 0.2) is 66.7 Å². The smallest absolute Gasteiger partial charge is 0.335 e. The third kappa shape index (κ3) is 10.3. The van der Waals surface area contributed by atoms with Gasteiger partial charge in [-0.2, -0.15) is 0 Å². The molecule has 0 bridgehead atoms. The minimum atomic E-state index is -1.24. The molecule has 1 radical (unpaired) electrons. The molecule has 4 N–H and O–H groups in total. The quantitative estimate of drug-likeness (QED) is 0.129. The summed E-state index contributed by atoms with van der Waals surface area (Å²) in [5.41, 5.74) is 10.1. The molecule has 271 valence electrons. The largest absolute Gasteiger partial charge is 0.869 e. The number of carboxylic acids is 1. The van der Waals surface area contributed by atoms with Crippen molar-refractivity contribution in [1.82, 2.24) is 4.98 Å². The van der Waals surface area contributed by atoms with E-state index in [4.69, 9.17) is 10.1 Å². The first-order chi connectivity index (χ1) is 23.3. The number of benzene rings is 3. The van der Waals surface area contributed by atoms with E-state index < -0.39 is 17.5 Å². The van der Waals surface area contributed by atoms with Gasteiger partial charge in [0.15, 0.2) is 0 Å². The SMILES string of the molecule is Cc1ccc(NC(C)c2cccc(C(C)Nc3ccc(C)cc3C(C)C)n2)c(C(C)C)c1.O=C(O)c1c(C2CCCCC2)ccc(O)c1[O-].[Co]. The predicted octanol–water partition coefficient (Wildman–Crippen LogP) is 10.5. The van der Waals surface area contributed by atoms with Crippen molar-refractivity contribution in [3.8, 4) is 11.5 Å². The van der Waals surface area contributed by atoms with Gasteiger partial charge in [0.2, 0.25) is 0 Å². The minimum Gasteiger partial charge on any atom is -0.869 e. The first-order valence-electron chi connectivity index (χ1n) is 17.7. The zero-order valence-corrected chi connectivity index (χ0v) is 31.8. The summed E-state index contributed by atoms with van der Waals surface area (Å²) >= 11 is 0. The number of aromatic carboxylic acids is 1. The van der Waals surface area contributed by atoms with E-state index in [2.05, 4.69) is 121 Å². The summed E-state index contributed by atoms with van der Waals surface area (Å²) in [5.74, 6) is -1.41. The van der Waals surface area contributed by atoms with Crippen LogP contribution >= 0.6 is 0 Å². The van der Waals surface area contributed by atoms with Crippen molar-refractivity contribution in [1.29, 1.82) is 0 Å². The molecule has 5 rings (SSSR count). The van der Waals surface area contributed by atoms with Crippen LogP contribution in [-0.4, -0.2) is 21.2 Å². The van der Waals surface area contributed by atoms with Gasteiger partial charge in [-0.05, 0) is 105 Å². The van der Waals surface area contributed by atoms with Gasteiger partial charge in [0.25, 0.3) is 0 Å². The predicted molar refractivity (Wildman–Crippen MR) is 199 cm³/mol. The van der Waals surface area contributed by atoms with E-state index in [0.717, 1.165) is 37.1 Å². The Morgan fingerprint density at radius 1 is 0.760 bits per heavy atom. The van der Waals surface area contributed by atoms with Crippen molar-refractivity contribution in [2.75, 3.05) is 10.6 Å². The van der Waals surface area contributed by atoms with Crippen molar-refractivity contribution >= 4 is 17.3 Å². The molecule has 1 fully saturated rings. The Kier molecular flexibility index (Phi) is 14.8. The van der Waals surface area contributed by atoms with Gasteiger partial charge in [-0.25, -0.2) is 4.79 Å². The molecule has 0 spiro atoms. The second kappa shape index (κ2) is 18.3. The Bertz CT molecular complexity index is 1650. The summed E-state index contributed by atoms with van der Waals surface area (Å²) in [6.07, 6.45) is 5.15. The van der Waals surface area contributed by atoms with Crippen LogP contribution in [-0.2, 0) is 16.8 Å². The van der Waals surface area contributed by atoms with Crippen LogP contribution < -0.4 is 15.7 Å². The van der Waals surface area contributed by atoms with Gasteiger partial charge in [0.05, 0.1) is 29.0 Å². The van der Waals surface area contributed by atoms with E-state index in [-0.39, 0.29) is 40.3 Å². The van der Waals surface area contributed by atoms with Gasteiger partial charge < -0.3 is 26.0 Å². The average molecular weight is 724 g/mol. The number of pyridine rings is 1. The summed E-state index contributed by atoms with van der Waals surface area (Å²) in [4.78, 5) is 16.2. The number of hydrogen-bond acceptors (Lipinski definition) is 6. The third-order valence-corrected chi connectivity index (χ3v) is 9.51. The number of anilines is 2. The van der Waals surface area contributed by atoms with Crippen LogP contribution in [0, 0.1) is 13.8 Å². The second-order valence-electron chi connectivity index (χ2n) is 14.2. The number of hydrogen-bond donors (Lipinski definition) is 4. The number of rotatable bonds is 10. The molecule has 1 aliphatic rings. The first kappa shape index (κ1) is 40.4. The van der Waals surface area contributed by atoms with Crippen molar-refractivity contribution in [3.05, 3.63) is 111 Å². The topological polar surface area (TPSA) is 118 Å². The number of carbonyl (C=O) groups is 1. The van der Waals surface area contributed by atoms with Gasteiger partial charge in [0.1, 0.15) is 5.75 Å². The maximum Gasteiger partial charge on any atom is 0.335 e. The Morgan fingerprint density at radius 3 is 1.68 bits per heavy atom. The third-order valence-electron chi connectivity index (χ3n) is 9.51. The molecular formula is C42H54CoN3O4-. The fraction of sp³-hybridized carbons (Fsp3) is 0.429. The maximum atomic E-state index is 11.6. The zero-order chi connectivity index (χ0) is 35.8. The number of nitrogens with one attached hydrogen (secondary N) is 2. The molecule has 4 aromatic rings. The zero-order valence-electron chi connectivity index (χ0n) is 30.8. The molecule has 7 nitrogen and oxygen atoms in total. The van der Waals surface area contributed by atoms with Gasteiger partial charge in [0, 0.05) is 28.2 Å². The molecule has 8 heteroatoms. The van der Waals surface area contributed by atoms with Crippen LogP contribution in [0.25, 0.3) is 0 Å². The van der Waals surface area contributed by atoms with E-state index in [1.165, 1.54) is 46.1 Å². The number of aromatic hydroxyl groups is 1. The number of phenolic OH excluding ortho intramolecular Hbond substituents is 1. The van der Waals surface area contributed by atoms with Crippen molar-refractivity contribution in [2.45, 2.75) is 117 Å². The summed E-state index contributed by atoms with van der Waals surface area (Å²) in [6, 6.07) is 22.8. The second-order valence-corrected chi connectivity index (χ2v) is 14.2. The van der Waals surface area contributed by atoms with E-state index in [9.17, 15) is 15.0 Å². The maximum absolute atomic E-state index is 11.6. The summed E-state index contributed by atoms with van der Waals surface area (Å²) < 4.78 is 0. The monoisotopic (exact) mass is 723 g/mol. The molecule has 1 saturated carbocycles. The molecule has 1 aromatic heterocycles. The van der Waals surface area contributed by atoms with Crippen LogP contribution in [0.2, 0.25) is 0 Å². The van der Waals surface area contributed by atoms with Crippen LogP contribution in [0.4, 0.5) is 11.4 Å². The number of nitrogens with zero attached hydrogens (tertiary/aromatic N) is 1. The van der Waals surface area contributed by atoms with Gasteiger partial charge >= 0.3 is 5.97 Å². The molecule has 0 amide bonds. The van der Waals surface area contributed by atoms with E-state index in [1.54, 1.807) is 6.07 Å². The summed E-state index contributed by atoms with van der Waals surface area (Å²) in [7, 11) is 0. The molecule has 0 saturated heterocycles. The molecule has 1 aliphatic carbocycles. The molecule has 0 aliphatic heterocycles. The fourth-order valence-corrected chi connectivity index (χ4v) is 6.71. The number of carboxylic acid groups (broad SMARTS) is 1. The van der Waals surface area contributed by atoms with Crippen molar-refractivity contribution in [3.63, 3.8) is 0 Å². The number of aryl methyl sites for hydroxylation is 2. The van der Waals surface area contributed by atoms with Gasteiger partial charge in [-0.1, -0.05) is 100 Å². The molecule has 1 heterocycles. The van der Waals surface area contributed by atoms with Crippen LogP contribution in [0.3, 0.4) is 0 Å². The molecule has 2 unspecified atom stereocenters. The standard InChI is InChI=1S/C29H39N3.C13H16O4.Co/c1-18(2)24-16-20(5)12-14-28(24)30-22(7)26-10-9-11-27(32-26)23(8)31-29-15-13-21(6)17-25(29)19(3)4;14-10-7-6-9(8-4-2-1-3-5-8)11(12(10)15)13(16)17;/h9-19,22-23,30-31H,1-8H3;6-8,14-15H,1-5H2,(H,16,17);/p-1. The van der Waals surface area contributed by atoms with Crippen LogP contribution in [0.5, 0.6) is 11.5 Å². The van der Waals surface area contributed by atoms with E-state index in [1.807, 2.05) is 0 Å². The van der Waals surface area contributed by atoms with Gasteiger partial charge in [-0.15, -0.1) is 0 Å². The average Bonchev–Trinajstić information content (AvgIpc) is 3.07. The van der Waals surface area contributed by atoms with Gasteiger partial charge in [-0.3, -0.25) is 4.98 Å². The molecule has 50 heavy (non-hydrogen) atoms. The Morgan fingerprint density at radius 2 is 1.24 bits per heavy atom. The normalized spacial score (nSPS) is 14.3. The van der Waals surface area contributed by atoms with Crippen molar-refractivity contribution < 1.29 is 36.9 Å². The number of aromatic nitrogens is 1. The Hall–Kier alpha value is -4.01. The summed E-state index contributed by atoms with van der Waals surface area (Å²) in [5, 5.41) is 37.4. The Labute approximate surface area is 309 Å².